The van der Waals surface area contributed by atoms with Gasteiger partial charge in [-0.05, 0) is 0 Å². The Morgan fingerprint density at radius 2 is 1.58 bits per heavy atom. The van der Waals surface area contributed by atoms with Crippen LogP contribution in [0.1, 0.15) is 45.4 Å². The summed E-state index contributed by atoms with van der Waals surface area (Å²) in [6.45, 7) is 2.18. The predicted molar refractivity (Wildman–Crippen MR) is 44.6 cm³/mol. The molecule has 0 saturated carbocycles. The van der Waals surface area contributed by atoms with Gasteiger partial charge in [-0.2, -0.15) is 0 Å². The van der Waals surface area contributed by atoms with Crippen LogP contribution >= 0.6 is 0 Å². The maximum Gasteiger partial charge on any atom is 1.00 e. The fourth-order valence-electron chi connectivity index (χ4n) is 1.05. The minimum absolute atomic E-state index is 0. The van der Waals surface area contributed by atoms with Crippen LogP contribution in [-0.2, 0) is 3.08 Å². The van der Waals surface area contributed by atoms with Gasteiger partial charge in [0, 0.05) is 0 Å². The number of unbranched alkanes of at least 4 members (excludes halogenated alkanes) is 5. The summed E-state index contributed by atoms with van der Waals surface area (Å²) in [7, 11) is 0. The topological polar surface area (TPSA) is 40.1 Å². The molecule has 0 aromatic carbocycles. The molecule has 0 saturated heterocycles. The molecule has 0 fully saturated rings. The Morgan fingerprint density at radius 1 is 1.08 bits per heavy atom. The van der Waals surface area contributed by atoms with E-state index in [1.165, 1.54) is 25.7 Å². The third kappa shape index (κ3) is 14.1. The van der Waals surface area contributed by atoms with Gasteiger partial charge in [-0.1, -0.05) is 0 Å². The van der Waals surface area contributed by atoms with E-state index < -0.39 is 20.2 Å². The van der Waals surface area contributed by atoms with Crippen LogP contribution in [0.25, 0.3) is 0 Å². The van der Waals surface area contributed by atoms with Gasteiger partial charge >= 0.3 is 106 Å². The zero-order valence-corrected chi connectivity index (χ0v) is 13.1. The molecule has 0 spiro atoms. The van der Waals surface area contributed by atoms with Crippen LogP contribution in [0.4, 0.5) is 0 Å². The van der Waals surface area contributed by atoms with E-state index in [0.717, 1.165) is 12.8 Å². The smallest absolute Gasteiger partial charge is 1.00 e. The van der Waals surface area contributed by atoms with Gasteiger partial charge in [0.05, 0.1) is 0 Å². The minimum atomic E-state index is -3.20. The molecule has 0 bridgehead atoms. The molecule has 0 aromatic heterocycles. The molecule has 0 unspecified atom stereocenters. The summed E-state index contributed by atoms with van der Waals surface area (Å²) < 4.78 is 21.0. The fraction of sp³-hybridized carbons (Fsp3) is 1.00. The van der Waals surface area contributed by atoms with Crippen molar-refractivity contribution >= 4 is 20.2 Å². The third-order valence-corrected chi connectivity index (χ3v) is 3.91. The van der Waals surface area contributed by atoms with Crippen molar-refractivity contribution in [2.75, 3.05) is 0 Å². The molecule has 12 heavy (non-hydrogen) atoms. The summed E-state index contributed by atoms with van der Waals surface area (Å²) in [5.74, 6) is 0. The first-order valence-electron chi connectivity index (χ1n) is 4.47. The molecule has 0 aliphatic carbocycles. The Morgan fingerprint density at radius 3 is 2.08 bits per heavy atom. The molecule has 0 aliphatic rings. The Labute approximate surface area is 105 Å². The van der Waals surface area contributed by atoms with Crippen LogP contribution in [-0.4, -0.2) is 20.2 Å². The maximum atomic E-state index is 10.3. The molecule has 2 nitrogen and oxygen atoms in total. The predicted octanol–water partition coefficient (Wildman–Crippen LogP) is -1.37. The third-order valence-electron chi connectivity index (χ3n) is 1.73. The summed E-state index contributed by atoms with van der Waals surface area (Å²) in [5.41, 5.74) is 0. The summed E-state index contributed by atoms with van der Waals surface area (Å²) >= 11 is -3.20. The summed E-state index contributed by atoms with van der Waals surface area (Å²) in [6.07, 6.45) is 7.04. The standard InChI is InChI=1S/C8H17.Na.2O.Sn/c1-3-5-7-8-6-4-2;;;;/h1,3-8H2,2H3;;;;/q;+1;;-1;. The zero-order valence-electron chi connectivity index (χ0n) is 8.27. The first-order valence-corrected chi connectivity index (χ1v) is 8.82. The second-order valence-corrected chi connectivity index (χ2v) is 6.44. The molecule has 4 heteroatoms. The molecule has 66 valence electrons. The average molecular weight is 287 g/mol. The molecule has 0 rings (SSSR count). The van der Waals surface area contributed by atoms with Crippen LogP contribution in [0.3, 0.4) is 0 Å². The van der Waals surface area contributed by atoms with Crippen molar-refractivity contribution in [2.24, 2.45) is 0 Å². The second kappa shape index (κ2) is 12.6. The van der Waals surface area contributed by atoms with Crippen molar-refractivity contribution < 1.29 is 36.1 Å². The van der Waals surface area contributed by atoms with Gasteiger partial charge in [-0.15, -0.1) is 0 Å². The normalized spacial score (nSPS) is 9.17. The van der Waals surface area contributed by atoms with Crippen molar-refractivity contribution in [3.8, 4) is 0 Å². The molecule has 0 N–H and O–H groups in total. The number of hydrogen-bond donors (Lipinski definition) is 0. The Hall–Kier alpha value is 1.56. The number of hydrogen-bond acceptors (Lipinski definition) is 2. The van der Waals surface area contributed by atoms with Crippen LogP contribution in [0.2, 0.25) is 4.44 Å². The largest absolute Gasteiger partial charge is 1.00 e. The van der Waals surface area contributed by atoms with Crippen molar-refractivity contribution in [1.82, 2.24) is 0 Å². The molecule has 0 heterocycles. The molecule has 0 radical (unpaired) electrons. The van der Waals surface area contributed by atoms with E-state index in [4.69, 9.17) is 0 Å². The van der Waals surface area contributed by atoms with E-state index in [2.05, 4.69) is 6.92 Å². The Kier molecular flexibility index (Phi) is 16.8. The van der Waals surface area contributed by atoms with Gasteiger partial charge in [0.25, 0.3) is 0 Å². The molecular formula is C8H17NaO2Sn. The molecule has 0 amide bonds. The van der Waals surface area contributed by atoms with Gasteiger partial charge < -0.3 is 0 Å². The van der Waals surface area contributed by atoms with Gasteiger partial charge in [0.15, 0.2) is 0 Å². The molecule has 0 aliphatic heterocycles. The van der Waals surface area contributed by atoms with Crippen LogP contribution < -0.4 is 33.0 Å². The van der Waals surface area contributed by atoms with E-state index in [0.29, 0.717) is 4.44 Å². The van der Waals surface area contributed by atoms with Gasteiger partial charge in [0.2, 0.25) is 0 Å². The van der Waals surface area contributed by atoms with Crippen molar-refractivity contribution in [3.63, 3.8) is 0 Å². The van der Waals surface area contributed by atoms with Crippen molar-refractivity contribution in [2.45, 2.75) is 49.9 Å². The monoisotopic (exact) mass is 288 g/mol. The Bertz CT molecular complexity index is 109. The zero-order chi connectivity index (χ0) is 8.53. The van der Waals surface area contributed by atoms with E-state index in [9.17, 15) is 6.52 Å². The SMILES string of the molecule is CCCCCCC[CH2][Sn](=[O])[O-].[Na+]. The maximum absolute atomic E-state index is 10.3. The second-order valence-electron chi connectivity index (χ2n) is 2.89. The fourth-order valence-corrected chi connectivity index (χ4v) is 2.59. The minimum Gasteiger partial charge on any atom is 1.00 e. The van der Waals surface area contributed by atoms with E-state index in [1.54, 1.807) is 0 Å². The van der Waals surface area contributed by atoms with Gasteiger partial charge in [-0.25, -0.2) is 0 Å². The van der Waals surface area contributed by atoms with Crippen LogP contribution in [0.5, 0.6) is 0 Å². The first-order chi connectivity index (χ1) is 5.27. The van der Waals surface area contributed by atoms with E-state index in [1.807, 2.05) is 0 Å². The van der Waals surface area contributed by atoms with Crippen molar-refractivity contribution in [3.05, 3.63) is 0 Å². The first kappa shape index (κ1) is 16.0. The summed E-state index contributed by atoms with van der Waals surface area (Å²) in [6, 6.07) is 0. The average Bonchev–Trinajstić information content (AvgIpc) is 1.96. The van der Waals surface area contributed by atoms with Gasteiger partial charge in [-0.3, -0.25) is 0 Å². The molecule has 0 atom stereocenters. The summed E-state index contributed by atoms with van der Waals surface area (Å²) in [4.78, 5) is 0. The van der Waals surface area contributed by atoms with E-state index in [-0.39, 0.29) is 29.6 Å². The van der Waals surface area contributed by atoms with Crippen LogP contribution in [0, 0.1) is 0 Å². The van der Waals surface area contributed by atoms with Crippen LogP contribution in [0.15, 0.2) is 0 Å². The summed E-state index contributed by atoms with van der Waals surface area (Å²) in [5, 5.41) is 0. The molecule has 0 aromatic rings. The quantitative estimate of drug-likeness (QED) is 0.428. The van der Waals surface area contributed by atoms with Gasteiger partial charge in [0.1, 0.15) is 0 Å². The van der Waals surface area contributed by atoms with E-state index >= 15 is 0 Å². The number of rotatable bonds is 7. The van der Waals surface area contributed by atoms with Crippen molar-refractivity contribution in [1.29, 1.82) is 0 Å². The molecular weight excluding hydrogens is 270 g/mol. The Balaban J connectivity index is 0.